The van der Waals surface area contributed by atoms with Crippen molar-refractivity contribution in [2.45, 2.75) is 39.3 Å². The zero-order valence-electron chi connectivity index (χ0n) is 20.5. The summed E-state index contributed by atoms with van der Waals surface area (Å²) < 4.78 is 27.4. The second kappa shape index (κ2) is 10.6. The summed E-state index contributed by atoms with van der Waals surface area (Å²) in [7, 11) is 1.55. The lowest BCUT2D eigenvalue weighted by molar-refractivity contribution is -0.140. The highest BCUT2D eigenvalue weighted by atomic mass is 16.5. The maximum atomic E-state index is 12.8. The maximum absolute atomic E-state index is 12.8. The topological polar surface area (TPSA) is 125 Å². The number of hydrogen-bond acceptors (Lipinski definition) is 8. The normalized spacial score (nSPS) is 18.8. The molecule has 190 valence electrons. The van der Waals surface area contributed by atoms with Gasteiger partial charge in [-0.15, -0.1) is 0 Å². The molecule has 1 aromatic carbocycles. The molecule has 0 fully saturated rings. The molecule has 2 unspecified atom stereocenters. The molecule has 3 heterocycles. The van der Waals surface area contributed by atoms with Crippen molar-refractivity contribution in [2.75, 3.05) is 20.3 Å². The van der Waals surface area contributed by atoms with Gasteiger partial charge < -0.3 is 34.0 Å². The predicted molar refractivity (Wildman–Crippen MR) is 128 cm³/mol. The van der Waals surface area contributed by atoms with Gasteiger partial charge in [0.15, 0.2) is 0 Å². The van der Waals surface area contributed by atoms with E-state index in [4.69, 9.17) is 23.4 Å². The Bertz CT molecular complexity index is 1240. The molecule has 1 aromatic heterocycles. The largest absolute Gasteiger partial charge is 0.496 e. The molecule has 2 N–H and O–H groups in total. The van der Waals surface area contributed by atoms with Crippen molar-refractivity contribution in [1.82, 2.24) is 10.6 Å². The molecule has 2 aliphatic heterocycles. The summed E-state index contributed by atoms with van der Waals surface area (Å²) in [5.74, 6) is 0.973. The average molecular weight is 497 g/mol. The Morgan fingerprint density at radius 1 is 1.22 bits per heavy atom. The smallest absolute Gasteiger partial charge is 0.338 e. The maximum Gasteiger partial charge on any atom is 0.338 e. The Morgan fingerprint density at radius 3 is 2.72 bits per heavy atom. The highest BCUT2D eigenvalue weighted by Gasteiger charge is 2.36. The van der Waals surface area contributed by atoms with E-state index in [0.29, 0.717) is 22.8 Å². The van der Waals surface area contributed by atoms with E-state index in [1.54, 1.807) is 39.2 Å². The number of ether oxygens (including phenoxy) is 4. The molecular weight excluding hydrogens is 468 g/mol. The second-order valence-corrected chi connectivity index (χ2v) is 8.37. The first-order valence-corrected chi connectivity index (χ1v) is 11.6. The molecule has 2 atom stereocenters. The highest BCUT2D eigenvalue weighted by molar-refractivity contribution is 5.95. The van der Waals surface area contributed by atoms with Crippen molar-refractivity contribution < 1.29 is 37.7 Å². The van der Waals surface area contributed by atoms with E-state index in [-0.39, 0.29) is 30.6 Å². The molecule has 0 bridgehead atoms. The molecule has 10 nitrogen and oxygen atoms in total. The van der Waals surface area contributed by atoms with Crippen molar-refractivity contribution in [3.05, 3.63) is 64.3 Å². The fraction of sp³-hybridized carbons (Fsp3) is 0.346. The molecule has 0 saturated carbocycles. The van der Waals surface area contributed by atoms with Crippen LogP contribution in [0, 0.1) is 6.92 Å². The molecule has 2 aliphatic rings. The van der Waals surface area contributed by atoms with Crippen LogP contribution in [-0.4, -0.2) is 44.4 Å². The molecule has 0 saturated heterocycles. The van der Waals surface area contributed by atoms with Crippen LogP contribution in [0.4, 0.5) is 4.79 Å². The van der Waals surface area contributed by atoms with Gasteiger partial charge in [0.25, 0.3) is 0 Å². The van der Waals surface area contributed by atoms with Crippen LogP contribution in [0.5, 0.6) is 11.5 Å². The Hall–Kier alpha value is -4.21. The number of furan rings is 1. The molecule has 36 heavy (non-hydrogen) atoms. The van der Waals surface area contributed by atoms with E-state index in [0.717, 1.165) is 17.7 Å². The molecular formula is C26H28N2O8. The van der Waals surface area contributed by atoms with Crippen LogP contribution < -0.4 is 20.1 Å². The number of nitrogens with one attached hydrogen (secondary N) is 2. The second-order valence-electron chi connectivity index (χ2n) is 8.37. The predicted octanol–water partition coefficient (Wildman–Crippen LogP) is 3.35. The third kappa shape index (κ3) is 5.37. The molecule has 10 heteroatoms. The standard InChI is InChI=1S/C26H28N2O8/c1-5-33-25(30)23-18(27-26(31)28-24(23)19-8-6-14(2)35-19)13-34-22(29)9-7-16-11-21-17(10-15(3)36-21)12-20(16)32-4/h6-9,11-12,15,24H,5,10,13H2,1-4H3,(H2,27,28,31). The first-order valence-electron chi connectivity index (χ1n) is 11.6. The Morgan fingerprint density at radius 2 is 2.03 bits per heavy atom. The number of aryl methyl sites for hydroxylation is 1. The van der Waals surface area contributed by atoms with Gasteiger partial charge in [-0.05, 0) is 51.1 Å². The van der Waals surface area contributed by atoms with Gasteiger partial charge in [0.05, 0.1) is 25.0 Å². The average Bonchev–Trinajstić information content (AvgIpc) is 3.44. The van der Waals surface area contributed by atoms with E-state index in [1.807, 2.05) is 19.1 Å². The van der Waals surface area contributed by atoms with Crippen molar-refractivity contribution in [3.63, 3.8) is 0 Å². The minimum atomic E-state index is -0.895. The van der Waals surface area contributed by atoms with Gasteiger partial charge in [-0.3, -0.25) is 0 Å². The Balaban J connectivity index is 1.53. The number of fused-ring (bicyclic) bond motifs is 1. The molecule has 2 aromatic rings. The van der Waals surface area contributed by atoms with Gasteiger partial charge in [-0.25, -0.2) is 14.4 Å². The Kier molecular flexibility index (Phi) is 7.33. The number of urea groups is 1. The van der Waals surface area contributed by atoms with E-state index < -0.39 is 24.0 Å². The molecule has 0 spiro atoms. The van der Waals surface area contributed by atoms with Crippen molar-refractivity contribution in [3.8, 4) is 11.5 Å². The van der Waals surface area contributed by atoms with Crippen LogP contribution in [0.25, 0.3) is 6.08 Å². The number of hydrogen-bond donors (Lipinski definition) is 2. The third-order valence-electron chi connectivity index (χ3n) is 5.70. The van der Waals surface area contributed by atoms with Crippen molar-refractivity contribution >= 4 is 24.0 Å². The summed E-state index contributed by atoms with van der Waals surface area (Å²) in [6.07, 6.45) is 3.66. The SMILES string of the molecule is CCOC(=O)C1=C(COC(=O)C=Cc2cc3c(cc2OC)CC(C)O3)NC(=O)NC1c1ccc(C)o1. The number of rotatable bonds is 8. The number of carbonyl (C=O) groups excluding carboxylic acids is 3. The minimum Gasteiger partial charge on any atom is -0.496 e. The fourth-order valence-electron chi connectivity index (χ4n) is 4.12. The number of methoxy groups -OCH3 is 1. The Labute approximate surface area is 208 Å². The van der Waals surface area contributed by atoms with E-state index in [1.165, 1.54) is 6.08 Å². The van der Waals surface area contributed by atoms with E-state index in [9.17, 15) is 14.4 Å². The van der Waals surface area contributed by atoms with Crippen LogP contribution in [0.2, 0.25) is 0 Å². The van der Waals surface area contributed by atoms with Gasteiger partial charge in [0, 0.05) is 23.6 Å². The van der Waals surface area contributed by atoms with Crippen LogP contribution >= 0.6 is 0 Å². The number of amides is 2. The van der Waals surface area contributed by atoms with Gasteiger partial charge in [-0.1, -0.05) is 0 Å². The lowest BCUT2D eigenvalue weighted by Crippen LogP contribution is -2.47. The van der Waals surface area contributed by atoms with Crippen LogP contribution in [0.1, 0.15) is 42.5 Å². The minimum absolute atomic E-state index is 0.0740. The van der Waals surface area contributed by atoms with Crippen LogP contribution in [0.3, 0.4) is 0 Å². The number of esters is 2. The lowest BCUT2D eigenvalue weighted by Gasteiger charge is -2.27. The first-order chi connectivity index (χ1) is 17.3. The lowest BCUT2D eigenvalue weighted by atomic mass is 10.0. The van der Waals surface area contributed by atoms with Gasteiger partial charge in [0.2, 0.25) is 0 Å². The monoisotopic (exact) mass is 496 g/mol. The third-order valence-corrected chi connectivity index (χ3v) is 5.70. The first kappa shape index (κ1) is 24.9. The van der Waals surface area contributed by atoms with Gasteiger partial charge in [0.1, 0.15) is 41.8 Å². The molecule has 4 rings (SSSR count). The van der Waals surface area contributed by atoms with E-state index >= 15 is 0 Å². The zero-order valence-corrected chi connectivity index (χ0v) is 20.5. The van der Waals surface area contributed by atoms with Crippen molar-refractivity contribution in [2.24, 2.45) is 0 Å². The highest BCUT2D eigenvalue weighted by Crippen LogP contribution is 2.35. The number of carbonyl (C=O) groups is 3. The molecule has 0 aliphatic carbocycles. The fourth-order valence-corrected chi connectivity index (χ4v) is 4.12. The summed E-state index contributed by atoms with van der Waals surface area (Å²) in [6, 6.07) is 5.61. The van der Waals surface area contributed by atoms with Crippen LogP contribution in [-0.2, 0) is 25.5 Å². The quantitative estimate of drug-likeness (QED) is 0.421. The molecule has 2 amide bonds. The number of benzene rings is 1. The van der Waals surface area contributed by atoms with E-state index in [2.05, 4.69) is 10.6 Å². The molecule has 0 radical (unpaired) electrons. The van der Waals surface area contributed by atoms with Crippen molar-refractivity contribution in [1.29, 1.82) is 0 Å². The summed E-state index contributed by atoms with van der Waals surface area (Å²) in [4.78, 5) is 37.6. The zero-order chi connectivity index (χ0) is 25.8. The van der Waals surface area contributed by atoms with Crippen LogP contribution in [0.15, 0.2) is 46.0 Å². The summed E-state index contributed by atoms with van der Waals surface area (Å²) in [6.45, 7) is 5.17. The summed E-state index contributed by atoms with van der Waals surface area (Å²) in [5, 5.41) is 5.19. The summed E-state index contributed by atoms with van der Waals surface area (Å²) >= 11 is 0. The van der Waals surface area contributed by atoms with Gasteiger partial charge in [-0.2, -0.15) is 0 Å². The van der Waals surface area contributed by atoms with Gasteiger partial charge >= 0.3 is 18.0 Å². The summed E-state index contributed by atoms with van der Waals surface area (Å²) in [5.41, 5.74) is 1.89.